The zero-order chi connectivity index (χ0) is 14.7. The first-order chi connectivity index (χ1) is 9.50. The molecule has 20 heavy (non-hydrogen) atoms. The van der Waals surface area contributed by atoms with E-state index in [0.29, 0.717) is 17.6 Å². The Morgan fingerprint density at radius 2 is 2.10 bits per heavy atom. The molecule has 106 valence electrons. The molecular formula is C13H15BrN4O2. The highest BCUT2D eigenvalue weighted by molar-refractivity contribution is 9.10. The Morgan fingerprint density at radius 3 is 2.70 bits per heavy atom. The van der Waals surface area contributed by atoms with Crippen LogP contribution in [0, 0.1) is 17.0 Å². The summed E-state index contributed by atoms with van der Waals surface area (Å²) in [4.78, 5) is 10.5. The van der Waals surface area contributed by atoms with E-state index in [1.54, 1.807) is 6.07 Å². The quantitative estimate of drug-likeness (QED) is 0.671. The molecule has 0 fully saturated rings. The number of nitrogens with zero attached hydrogens (tertiary/aromatic N) is 3. The highest BCUT2D eigenvalue weighted by atomic mass is 79.9. The van der Waals surface area contributed by atoms with Gasteiger partial charge in [0.05, 0.1) is 15.6 Å². The fourth-order valence-corrected chi connectivity index (χ4v) is 2.44. The molecule has 7 heteroatoms. The van der Waals surface area contributed by atoms with Gasteiger partial charge >= 0.3 is 0 Å². The van der Waals surface area contributed by atoms with Gasteiger partial charge < -0.3 is 5.32 Å². The first kappa shape index (κ1) is 14.7. The van der Waals surface area contributed by atoms with Crippen LogP contribution in [0.3, 0.4) is 0 Å². The van der Waals surface area contributed by atoms with E-state index in [1.165, 1.54) is 6.07 Å². The van der Waals surface area contributed by atoms with Crippen molar-refractivity contribution < 1.29 is 4.92 Å². The van der Waals surface area contributed by atoms with Crippen molar-refractivity contribution in [2.45, 2.75) is 20.0 Å². The summed E-state index contributed by atoms with van der Waals surface area (Å²) in [5.41, 5.74) is 3.17. The molecule has 0 amide bonds. The fourth-order valence-electron chi connectivity index (χ4n) is 1.89. The van der Waals surface area contributed by atoms with Crippen LogP contribution in [0.1, 0.15) is 16.8 Å². The van der Waals surface area contributed by atoms with Crippen molar-refractivity contribution >= 4 is 21.6 Å². The number of aryl methyl sites for hydroxylation is 1. The minimum absolute atomic E-state index is 0.0851. The van der Waals surface area contributed by atoms with Gasteiger partial charge in [-0.3, -0.25) is 14.8 Å². The average molecular weight is 339 g/mol. The van der Waals surface area contributed by atoms with Crippen molar-refractivity contribution in [1.29, 1.82) is 0 Å². The third kappa shape index (κ3) is 3.05. The van der Waals surface area contributed by atoms with Gasteiger partial charge in [-0.1, -0.05) is 12.1 Å². The molecule has 0 atom stereocenters. The van der Waals surface area contributed by atoms with E-state index in [0.717, 1.165) is 16.8 Å². The van der Waals surface area contributed by atoms with Gasteiger partial charge in [0.2, 0.25) is 0 Å². The van der Waals surface area contributed by atoms with E-state index in [4.69, 9.17) is 0 Å². The molecule has 0 aliphatic rings. The summed E-state index contributed by atoms with van der Waals surface area (Å²) < 4.78 is 2.35. The van der Waals surface area contributed by atoms with Gasteiger partial charge in [0.1, 0.15) is 0 Å². The first-order valence-electron chi connectivity index (χ1n) is 6.10. The molecule has 0 bridgehead atoms. The van der Waals surface area contributed by atoms with E-state index in [1.807, 2.05) is 30.9 Å². The smallest absolute Gasteiger partial charge is 0.283 e. The minimum atomic E-state index is -0.390. The molecule has 1 aromatic carbocycles. The second-order valence-electron chi connectivity index (χ2n) is 4.49. The van der Waals surface area contributed by atoms with Crippen molar-refractivity contribution in [3.05, 3.63) is 55.8 Å². The molecule has 2 aromatic rings. The monoisotopic (exact) mass is 338 g/mol. The predicted molar refractivity (Wildman–Crippen MR) is 79.3 cm³/mol. The van der Waals surface area contributed by atoms with Crippen molar-refractivity contribution in [1.82, 2.24) is 15.1 Å². The molecule has 0 saturated heterocycles. The van der Waals surface area contributed by atoms with Crippen LogP contribution in [-0.4, -0.2) is 14.7 Å². The van der Waals surface area contributed by atoms with E-state index >= 15 is 0 Å². The summed E-state index contributed by atoms with van der Waals surface area (Å²) in [6.45, 7) is 3.23. The van der Waals surface area contributed by atoms with E-state index in [9.17, 15) is 10.1 Å². The van der Waals surface area contributed by atoms with Gasteiger partial charge in [-0.25, -0.2) is 0 Å². The maximum absolute atomic E-state index is 10.9. The normalized spacial score (nSPS) is 10.8. The Balaban J connectivity index is 2.03. The largest absolute Gasteiger partial charge is 0.308 e. The van der Waals surface area contributed by atoms with Gasteiger partial charge in [-0.05, 0) is 28.4 Å². The molecule has 0 spiro atoms. The molecule has 0 aliphatic heterocycles. The second kappa shape index (κ2) is 6.15. The number of nitro benzene ring substituents is 1. The summed E-state index contributed by atoms with van der Waals surface area (Å²) in [5, 5.41) is 18.3. The van der Waals surface area contributed by atoms with Crippen LogP contribution in [0.4, 0.5) is 5.69 Å². The summed E-state index contributed by atoms with van der Waals surface area (Å²) >= 11 is 3.29. The molecule has 0 radical (unpaired) electrons. The number of hydrogen-bond donors (Lipinski definition) is 1. The number of hydrogen-bond acceptors (Lipinski definition) is 4. The number of nitro groups is 1. The average Bonchev–Trinajstić information content (AvgIpc) is 2.72. The van der Waals surface area contributed by atoms with Gasteiger partial charge in [-0.15, -0.1) is 0 Å². The van der Waals surface area contributed by atoms with Crippen molar-refractivity contribution in [2.75, 3.05) is 0 Å². The van der Waals surface area contributed by atoms with Crippen molar-refractivity contribution in [3.8, 4) is 0 Å². The zero-order valence-electron chi connectivity index (χ0n) is 11.3. The lowest BCUT2D eigenvalue weighted by Gasteiger charge is -2.07. The Bertz CT molecular complexity index is 639. The topological polar surface area (TPSA) is 73.0 Å². The Hall–Kier alpha value is -1.73. The third-order valence-electron chi connectivity index (χ3n) is 3.22. The van der Waals surface area contributed by atoms with Crippen molar-refractivity contribution in [3.63, 3.8) is 0 Å². The lowest BCUT2D eigenvalue weighted by Crippen LogP contribution is -2.14. The minimum Gasteiger partial charge on any atom is -0.308 e. The van der Waals surface area contributed by atoms with Crippen LogP contribution in [-0.2, 0) is 20.1 Å². The summed E-state index contributed by atoms with van der Waals surface area (Å²) in [7, 11) is 1.90. The molecule has 1 aromatic heterocycles. The van der Waals surface area contributed by atoms with Crippen LogP contribution in [0.2, 0.25) is 0 Å². The molecule has 0 unspecified atom stereocenters. The lowest BCUT2D eigenvalue weighted by atomic mass is 10.2. The lowest BCUT2D eigenvalue weighted by molar-refractivity contribution is -0.385. The summed E-state index contributed by atoms with van der Waals surface area (Å²) in [5.74, 6) is 0. The Morgan fingerprint density at radius 1 is 1.40 bits per heavy atom. The number of halogens is 1. The molecule has 6 nitrogen and oxygen atoms in total. The van der Waals surface area contributed by atoms with Gasteiger partial charge in [-0.2, -0.15) is 5.10 Å². The number of aromatic nitrogens is 2. The van der Waals surface area contributed by atoms with Gasteiger partial charge in [0.25, 0.3) is 5.69 Å². The molecule has 0 aliphatic carbocycles. The molecule has 2 rings (SSSR count). The van der Waals surface area contributed by atoms with Crippen molar-refractivity contribution in [2.24, 2.45) is 7.05 Å². The van der Waals surface area contributed by atoms with E-state index < -0.39 is 4.92 Å². The number of benzene rings is 1. The molecular weight excluding hydrogens is 324 g/mol. The van der Waals surface area contributed by atoms with Crippen LogP contribution in [0.5, 0.6) is 0 Å². The third-order valence-corrected chi connectivity index (χ3v) is 4.14. The first-order valence-corrected chi connectivity index (χ1v) is 6.90. The standard InChI is InChI=1S/C13H15BrN4O2/c1-9-11(8-16-17(9)2)7-15-6-10-4-3-5-12(13(10)14)18(19)20/h3-5,8,15H,6-7H2,1-2H3. The number of rotatable bonds is 5. The zero-order valence-corrected chi connectivity index (χ0v) is 12.8. The second-order valence-corrected chi connectivity index (χ2v) is 5.28. The molecule has 1 heterocycles. The van der Waals surface area contributed by atoms with Crippen LogP contribution >= 0.6 is 15.9 Å². The van der Waals surface area contributed by atoms with Crippen LogP contribution in [0.15, 0.2) is 28.9 Å². The molecule has 0 saturated carbocycles. The van der Waals surface area contributed by atoms with Gasteiger partial charge in [0.15, 0.2) is 0 Å². The maximum atomic E-state index is 10.9. The Kier molecular flexibility index (Phi) is 4.51. The van der Waals surface area contributed by atoms with E-state index in [-0.39, 0.29) is 5.69 Å². The fraction of sp³-hybridized carbons (Fsp3) is 0.308. The van der Waals surface area contributed by atoms with Crippen LogP contribution in [0.25, 0.3) is 0 Å². The predicted octanol–water partition coefficient (Wildman–Crippen LogP) is 2.69. The summed E-state index contributed by atoms with van der Waals surface area (Å²) in [6, 6.07) is 5.04. The SMILES string of the molecule is Cc1c(CNCc2cccc([N+](=O)[O-])c2Br)cnn1C. The Labute approximate surface area is 125 Å². The van der Waals surface area contributed by atoms with E-state index in [2.05, 4.69) is 26.3 Å². The summed E-state index contributed by atoms with van der Waals surface area (Å²) in [6.07, 6.45) is 1.82. The highest BCUT2D eigenvalue weighted by Gasteiger charge is 2.14. The van der Waals surface area contributed by atoms with Crippen LogP contribution < -0.4 is 5.32 Å². The molecule has 1 N–H and O–H groups in total. The number of nitrogens with one attached hydrogen (secondary N) is 1. The maximum Gasteiger partial charge on any atom is 0.283 e. The van der Waals surface area contributed by atoms with Gasteiger partial charge in [0, 0.05) is 37.5 Å². The highest BCUT2D eigenvalue weighted by Crippen LogP contribution is 2.28.